The molecule has 0 aliphatic rings. The Morgan fingerprint density at radius 1 is 1.41 bits per heavy atom. The molecule has 1 aromatic heterocycles. The van der Waals surface area contributed by atoms with Crippen LogP contribution < -0.4 is 11.1 Å². The standard InChI is InChI=1S/C11H21N5O/c1-4-8-13-9(16-15-8)10(17)14-11(5-2,6-3)7-12/h4-7,12H2,1-3H3,(H,14,17)(H,13,15,16). The number of aromatic nitrogens is 3. The molecule has 1 aromatic rings. The van der Waals surface area contributed by atoms with E-state index in [9.17, 15) is 4.79 Å². The van der Waals surface area contributed by atoms with Crippen molar-refractivity contribution in [1.29, 1.82) is 0 Å². The van der Waals surface area contributed by atoms with Crippen molar-refractivity contribution >= 4 is 5.91 Å². The van der Waals surface area contributed by atoms with Crippen LogP contribution in [-0.4, -0.2) is 33.2 Å². The molecule has 17 heavy (non-hydrogen) atoms. The van der Waals surface area contributed by atoms with Crippen LogP contribution in [0.2, 0.25) is 0 Å². The first-order valence-corrected chi connectivity index (χ1v) is 6.04. The number of hydrogen-bond acceptors (Lipinski definition) is 4. The summed E-state index contributed by atoms with van der Waals surface area (Å²) in [4.78, 5) is 16.1. The molecule has 0 saturated carbocycles. The predicted molar refractivity (Wildman–Crippen MR) is 65.6 cm³/mol. The van der Waals surface area contributed by atoms with E-state index < -0.39 is 0 Å². The molecule has 1 amide bonds. The predicted octanol–water partition coefficient (Wildman–Crippen LogP) is 0.614. The lowest BCUT2D eigenvalue weighted by Crippen LogP contribution is -2.53. The lowest BCUT2D eigenvalue weighted by molar-refractivity contribution is 0.0885. The Morgan fingerprint density at radius 2 is 2.06 bits per heavy atom. The number of nitrogens with one attached hydrogen (secondary N) is 2. The van der Waals surface area contributed by atoms with Gasteiger partial charge in [-0.25, -0.2) is 4.98 Å². The fourth-order valence-corrected chi connectivity index (χ4v) is 1.62. The van der Waals surface area contributed by atoms with Crippen molar-refractivity contribution in [2.75, 3.05) is 6.54 Å². The zero-order valence-corrected chi connectivity index (χ0v) is 10.7. The summed E-state index contributed by atoms with van der Waals surface area (Å²) in [5.41, 5.74) is 5.37. The molecular weight excluding hydrogens is 218 g/mol. The molecule has 1 rings (SSSR count). The molecule has 0 aromatic carbocycles. The quantitative estimate of drug-likeness (QED) is 0.677. The van der Waals surface area contributed by atoms with Gasteiger partial charge < -0.3 is 11.1 Å². The first kappa shape index (κ1) is 13.6. The van der Waals surface area contributed by atoms with E-state index in [1.807, 2.05) is 20.8 Å². The van der Waals surface area contributed by atoms with E-state index >= 15 is 0 Å². The van der Waals surface area contributed by atoms with E-state index in [1.54, 1.807) is 0 Å². The molecule has 0 aliphatic carbocycles. The molecule has 0 fully saturated rings. The topological polar surface area (TPSA) is 96.7 Å². The van der Waals surface area contributed by atoms with Crippen LogP contribution in [0.4, 0.5) is 0 Å². The molecule has 6 nitrogen and oxygen atoms in total. The molecule has 0 atom stereocenters. The fourth-order valence-electron chi connectivity index (χ4n) is 1.62. The largest absolute Gasteiger partial charge is 0.343 e. The van der Waals surface area contributed by atoms with E-state index in [2.05, 4.69) is 20.5 Å². The normalized spacial score (nSPS) is 11.5. The maximum absolute atomic E-state index is 12.0. The van der Waals surface area contributed by atoms with Gasteiger partial charge in [0, 0.05) is 13.0 Å². The van der Waals surface area contributed by atoms with E-state index in [4.69, 9.17) is 5.73 Å². The van der Waals surface area contributed by atoms with Crippen LogP contribution in [0.15, 0.2) is 0 Å². The average molecular weight is 239 g/mol. The Balaban J connectivity index is 2.77. The molecular formula is C11H21N5O. The van der Waals surface area contributed by atoms with Crippen LogP contribution in [0.3, 0.4) is 0 Å². The number of nitrogens with zero attached hydrogens (tertiary/aromatic N) is 2. The number of carbonyl (C=O) groups is 1. The number of H-pyrrole nitrogens is 1. The summed E-state index contributed by atoms with van der Waals surface area (Å²) >= 11 is 0. The Kier molecular flexibility index (Phi) is 4.62. The molecule has 96 valence electrons. The van der Waals surface area contributed by atoms with Gasteiger partial charge in [0.05, 0.1) is 5.54 Å². The zero-order chi connectivity index (χ0) is 12.9. The van der Waals surface area contributed by atoms with Crippen LogP contribution in [0.5, 0.6) is 0 Å². The Morgan fingerprint density at radius 3 is 2.47 bits per heavy atom. The SMILES string of the molecule is CCc1nc(C(=O)NC(CC)(CC)CN)n[nH]1. The first-order valence-electron chi connectivity index (χ1n) is 6.04. The van der Waals surface area contributed by atoms with Crippen molar-refractivity contribution in [3.8, 4) is 0 Å². The van der Waals surface area contributed by atoms with Crippen molar-refractivity contribution in [3.05, 3.63) is 11.6 Å². The number of aryl methyl sites for hydroxylation is 1. The number of carbonyl (C=O) groups excluding carboxylic acids is 1. The van der Waals surface area contributed by atoms with Crippen molar-refractivity contribution in [3.63, 3.8) is 0 Å². The van der Waals surface area contributed by atoms with Crippen LogP contribution in [0.25, 0.3) is 0 Å². The molecule has 0 unspecified atom stereocenters. The Hall–Kier alpha value is -1.43. The summed E-state index contributed by atoms with van der Waals surface area (Å²) in [6.07, 6.45) is 2.30. The molecule has 0 aliphatic heterocycles. The number of amides is 1. The van der Waals surface area contributed by atoms with Gasteiger partial charge in [0.25, 0.3) is 5.91 Å². The maximum atomic E-state index is 12.0. The summed E-state index contributed by atoms with van der Waals surface area (Å²) in [7, 11) is 0. The highest BCUT2D eigenvalue weighted by Gasteiger charge is 2.28. The smallest absolute Gasteiger partial charge is 0.291 e. The number of nitrogens with two attached hydrogens (primary N) is 1. The van der Waals surface area contributed by atoms with Gasteiger partial charge in [-0.15, -0.1) is 5.10 Å². The monoisotopic (exact) mass is 239 g/mol. The second kappa shape index (κ2) is 5.77. The molecule has 0 radical (unpaired) electrons. The van der Waals surface area contributed by atoms with Gasteiger partial charge in [0.1, 0.15) is 5.82 Å². The minimum Gasteiger partial charge on any atom is -0.343 e. The van der Waals surface area contributed by atoms with Crippen molar-refractivity contribution in [2.45, 2.75) is 45.6 Å². The minimum atomic E-state index is -0.357. The van der Waals surface area contributed by atoms with Gasteiger partial charge in [-0.2, -0.15) is 0 Å². The highest BCUT2D eigenvalue weighted by atomic mass is 16.2. The summed E-state index contributed by atoms with van der Waals surface area (Å²) in [5.74, 6) is 0.623. The van der Waals surface area contributed by atoms with Gasteiger partial charge in [0.15, 0.2) is 0 Å². The third-order valence-electron chi connectivity index (χ3n) is 3.19. The highest BCUT2D eigenvalue weighted by molar-refractivity contribution is 5.90. The van der Waals surface area contributed by atoms with Crippen molar-refractivity contribution in [2.24, 2.45) is 5.73 Å². The lowest BCUT2D eigenvalue weighted by atomic mass is 9.93. The van der Waals surface area contributed by atoms with Gasteiger partial charge in [0.2, 0.25) is 5.82 Å². The number of rotatable bonds is 6. The molecule has 1 heterocycles. The minimum absolute atomic E-state index is 0.182. The molecule has 0 bridgehead atoms. The summed E-state index contributed by atoms with van der Waals surface area (Å²) in [6.45, 7) is 6.37. The fraction of sp³-hybridized carbons (Fsp3) is 0.727. The van der Waals surface area contributed by atoms with E-state index in [-0.39, 0.29) is 17.3 Å². The van der Waals surface area contributed by atoms with Gasteiger partial charge in [-0.1, -0.05) is 20.8 Å². The average Bonchev–Trinajstić information content (AvgIpc) is 2.85. The van der Waals surface area contributed by atoms with E-state index in [1.165, 1.54) is 0 Å². The molecule has 4 N–H and O–H groups in total. The Labute approximate surface area is 101 Å². The maximum Gasteiger partial charge on any atom is 0.291 e. The van der Waals surface area contributed by atoms with E-state index in [0.29, 0.717) is 12.4 Å². The van der Waals surface area contributed by atoms with Gasteiger partial charge >= 0.3 is 0 Å². The number of aromatic amines is 1. The summed E-state index contributed by atoms with van der Waals surface area (Å²) < 4.78 is 0. The number of hydrogen-bond donors (Lipinski definition) is 3. The highest BCUT2D eigenvalue weighted by Crippen LogP contribution is 2.13. The van der Waals surface area contributed by atoms with Crippen molar-refractivity contribution in [1.82, 2.24) is 20.5 Å². The first-order chi connectivity index (χ1) is 8.10. The molecule has 6 heteroatoms. The summed E-state index contributed by atoms with van der Waals surface area (Å²) in [6, 6.07) is 0. The van der Waals surface area contributed by atoms with Gasteiger partial charge in [-0.05, 0) is 12.8 Å². The Bertz CT molecular complexity index is 361. The second-order valence-corrected chi connectivity index (χ2v) is 4.10. The van der Waals surface area contributed by atoms with Crippen LogP contribution >= 0.6 is 0 Å². The third kappa shape index (κ3) is 3.03. The second-order valence-electron chi connectivity index (χ2n) is 4.10. The zero-order valence-electron chi connectivity index (χ0n) is 10.7. The van der Waals surface area contributed by atoms with Crippen molar-refractivity contribution < 1.29 is 4.79 Å². The summed E-state index contributed by atoms with van der Waals surface area (Å²) in [5, 5.41) is 9.53. The van der Waals surface area contributed by atoms with Crippen LogP contribution in [0, 0.1) is 0 Å². The van der Waals surface area contributed by atoms with E-state index in [0.717, 1.165) is 19.3 Å². The van der Waals surface area contributed by atoms with Crippen LogP contribution in [0.1, 0.15) is 50.1 Å². The van der Waals surface area contributed by atoms with Gasteiger partial charge in [-0.3, -0.25) is 9.89 Å². The lowest BCUT2D eigenvalue weighted by Gasteiger charge is -2.30. The molecule has 0 spiro atoms. The molecule has 0 saturated heterocycles. The van der Waals surface area contributed by atoms with Crippen LogP contribution in [-0.2, 0) is 6.42 Å². The third-order valence-corrected chi connectivity index (χ3v) is 3.19.